The van der Waals surface area contributed by atoms with Gasteiger partial charge in [-0.3, -0.25) is 18.5 Å². The normalized spacial score (nSPS) is 11.9. The highest BCUT2D eigenvalue weighted by molar-refractivity contribution is 5.80. The number of imidazole rings is 1. The summed E-state index contributed by atoms with van der Waals surface area (Å²) in [7, 11) is 3.14. The summed E-state index contributed by atoms with van der Waals surface area (Å²) >= 11 is 0. The SMILES string of the molecule is CC(C)n1c2c(=O)n(C)c(=O)n(C)c2n2c(-c3ccccc3)nnc12. The van der Waals surface area contributed by atoms with Gasteiger partial charge in [-0.15, -0.1) is 10.2 Å². The highest BCUT2D eigenvalue weighted by Gasteiger charge is 2.24. The highest BCUT2D eigenvalue weighted by atomic mass is 16.2. The van der Waals surface area contributed by atoms with Crippen LogP contribution in [0.15, 0.2) is 39.9 Å². The van der Waals surface area contributed by atoms with Crippen molar-refractivity contribution in [3.63, 3.8) is 0 Å². The molecule has 0 atom stereocenters. The van der Waals surface area contributed by atoms with E-state index in [4.69, 9.17) is 0 Å². The molecule has 0 N–H and O–H groups in total. The standard InChI is InChI=1S/C17H18N6O2/c1-10(2)22-12-14(20(3)17(25)21(4)15(12)24)23-13(18-19-16(22)23)11-8-6-5-7-9-11/h5-10H,1-4H3. The Balaban J connectivity index is 2.32. The minimum atomic E-state index is -0.381. The first-order valence-electron chi connectivity index (χ1n) is 8.04. The van der Waals surface area contributed by atoms with Crippen LogP contribution < -0.4 is 11.2 Å². The molecule has 0 unspecified atom stereocenters. The molecule has 0 spiro atoms. The van der Waals surface area contributed by atoms with Crippen LogP contribution in [0.3, 0.4) is 0 Å². The molecule has 0 aliphatic carbocycles. The Morgan fingerprint density at radius 3 is 2.28 bits per heavy atom. The Hall–Kier alpha value is -3.16. The molecule has 8 heteroatoms. The van der Waals surface area contributed by atoms with E-state index in [0.29, 0.717) is 22.8 Å². The molecule has 0 bridgehead atoms. The second-order valence-corrected chi connectivity index (χ2v) is 6.37. The van der Waals surface area contributed by atoms with Gasteiger partial charge in [0.25, 0.3) is 5.56 Å². The van der Waals surface area contributed by atoms with E-state index in [1.807, 2.05) is 48.7 Å². The molecule has 8 nitrogen and oxygen atoms in total. The fourth-order valence-electron chi connectivity index (χ4n) is 3.27. The van der Waals surface area contributed by atoms with Crippen LogP contribution in [-0.4, -0.2) is 28.3 Å². The minimum Gasteiger partial charge on any atom is -0.300 e. The Kier molecular flexibility index (Phi) is 3.18. The van der Waals surface area contributed by atoms with Crippen LogP contribution in [-0.2, 0) is 14.1 Å². The molecule has 0 radical (unpaired) electrons. The lowest BCUT2D eigenvalue weighted by Crippen LogP contribution is -2.38. The van der Waals surface area contributed by atoms with Crippen LogP contribution >= 0.6 is 0 Å². The van der Waals surface area contributed by atoms with Crippen molar-refractivity contribution in [1.82, 2.24) is 28.3 Å². The molecule has 25 heavy (non-hydrogen) atoms. The zero-order valence-corrected chi connectivity index (χ0v) is 14.5. The lowest BCUT2D eigenvalue weighted by molar-refractivity contribution is 0.622. The number of aromatic nitrogens is 6. The Morgan fingerprint density at radius 1 is 0.960 bits per heavy atom. The van der Waals surface area contributed by atoms with E-state index in [9.17, 15) is 9.59 Å². The zero-order valence-electron chi connectivity index (χ0n) is 14.5. The van der Waals surface area contributed by atoms with E-state index in [2.05, 4.69) is 10.2 Å². The molecule has 0 aliphatic heterocycles. The summed E-state index contributed by atoms with van der Waals surface area (Å²) in [6.07, 6.45) is 0. The zero-order chi connectivity index (χ0) is 17.9. The van der Waals surface area contributed by atoms with Gasteiger partial charge in [-0.1, -0.05) is 30.3 Å². The smallest absolute Gasteiger partial charge is 0.300 e. The maximum atomic E-state index is 12.8. The largest absolute Gasteiger partial charge is 0.332 e. The number of hydrogen-bond donors (Lipinski definition) is 0. The Morgan fingerprint density at radius 2 is 1.64 bits per heavy atom. The average Bonchev–Trinajstić information content (AvgIpc) is 3.16. The lowest BCUT2D eigenvalue weighted by Gasteiger charge is -2.09. The van der Waals surface area contributed by atoms with Gasteiger partial charge in [0.05, 0.1) is 0 Å². The molecule has 3 aromatic heterocycles. The molecule has 4 aromatic rings. The van der Waals surface area contributed by atoms with Gasteiger partial charge in [0, 0.05) is 25.7 Å². The molecule has 0 amide bonds. The predicted octanol–water partition coefficient (Wildman–Crippen LogP) is 1.33. The van der Waals surface area contributed by atoms with E-state index in [-0.39, 0.29) is 17.3 Å². The molecule has 0 fully saturated rings. The van der Waals surface area contributed by atoms with Crippen LogP contribution in [0.1, 0.15) is 19.9 Å². The lowest BCUT2D eigenvalue weighted by atomic mass is 10.2. The molecule has 0 saturated carbocycles. The first-order chi connectivity index (χ1) is 11.9. The number of aryl methyl sites for hydroxylation is 1. The van der Waals surface area contributed by atoms with E-state index in [1.54, 1.807) is 11.4 Å². The Bertz CT molecular complexity index is 1220. The van der Waals surface area contributed by atoms with Crippen LogP contribution in [0.25, 0.3) is 28.3 Å². The van der Waals surface area contributed by atoms with Gasteiger partial charge in [-0.25, -0.2) is 9.20 Å². The van der Waals surface area contributed by atoms with Crippen molar-refractivity contribution in [3.05, 3.63) is 51.2 Å². The summed E-state index contributed by atoms with van der Waals surface area (Å²) < 4.78 is 6.21. The quantitative estimate of drug-likeness (QED) is 0.552. The number of nitrogens with zero attached hydrogens (tertiary/aromatic N) is 6. The molecular weight excluding hydrogens is 320 g/mol. The predicted molar refractivity (Wildman–Crippen MR) is 94.8 cm³/mol. The summed E-state index contributed by atoms with van der Waals surface area (Å²) in [5.74, 6) is 1.14. The maximum Gasteiger partial charge on any atom is 0.332 e. The molecule has 0 aliphatic rings. The topological polar surface area (TPSA) is 79.1 Å². The van der Waals surface area contributed by atoms with Crippen molar-refractivity contribution < 1.29 is 0 Å². The van der Waals surface area contributed by atoms with Crippen molar-refractivity contribution in [2.45, 2.75) is 19.9 Å². The van der Waals surface area contributed by atoms with Gasteiger partial charge >= 0.3 is 5.69 Å². The van der Waals surface area contributed by atoms with Gasteiger partial charge in [0.1, 0.15) is 0 Å². The summed E-state index contributed by atoms with van der Waals surface area (Å²) in [4.78, 5) is 25.3. The summed E-state index contributed by atoms with van der Waals surface area (Å²) in [6.45, 7) is 3.95. The van der Waals surface area contributed by atoms with Crippen LogP contribution in [0.5, 0.6) is 0 Å². The molecular formula is C17H18N6O2. The molecule has 3 heterocycles. The second-order valence-electron chi connectivity index (χ2n) is 6.37. The maximum absolute atomic E-state index is 12.8. The fraction of sp³-hybridized carbons (Fsp3) is 0.294. The number of benzene rings is 1. The highest BCUT2D eigenvalue weighted by Crippen LogP contribution is 2.26. The summed E-state index contributed by atoms with van der Waals surface area (Å²) in [6, 6.07) is 9.58. The third kappa shape index (κ3) is 1.93. The molecule has 1 aromatic carbocycles. The number of rotatable bonds is 2. The third-order valence-electron chi connectivity index (χ3n) is 4.47. The van der Waals surface area contributed by atoms with Gasteiger partial charge in [0.2, 0.25) is 5.78 Å². The monoisotopic (exact) mass is 338 g/mol. The molecule has 0 saturated heterocycles. The molecule has 128 valence electrons. The number of fused-ring (bicyclic) bond motifs is 3. The van der Waals surface area contributed by atoms with Crippen LogP contribution in [0.4, 0.5) is 0 Å². The summed E-state index contributed by atoms with van der Waals surface area (Å²) in [5, 5.41) is 8.62. The second kappa shape index (κ2) is 5.17. The van der Waals surface area contributed by atoms with Crippen molar-refractivity contribution in [2.24, 2.45) is 14.1 Å². The minimum absolute atomic E-state index is 0.0157. The van der Waals surface area contributed by atoms with Crippen LogP contribution in [0, 0.1) is 0 Å². The first-order valence-corrected chi connectivity index (χ1v) is 8.04. The van der Waals surface area contributed by atoms with Crippen molar-refractivity contribution in [3.8, 4) is 11.4 Å². The fourth-order valence-corrected chi connectivity index (χ4v) is 3.27. The Labute approximate surface area is 142 Å². The van der Waals surface area contributed by atoms with Crippen molar-refractivity contribution in [1.29, 1.82) is 0 Å². The van der Waals surface area contributed by atoms with E-state index >= 15 is 0 Å². The first kappa shape index (κ1) is 15.4. The van der Waals surface area contributed by atoms with E-state index in [1.165, 1.54) is 11.6 Å². The van der Waals surface area contributed by atoms with Gasteiger partial charge in [-0.05, 0) is 13.8 Å². The number of hydrogen-bond acceptors (Lipinski definition) is 4. The third-order valence-corrected chi connectivity index (χ3v) is 4.47. The van der Waals surface area contributed by atoms with Gasteiger partial charge in [-0.2, -0.15) is 0 Å². The summed E-state index contributed by atoms with van der Waals surface area (Å²) in [5.41, 5.74) is 1.09. The average molecular weight is 338 g/mol. The molecule has 4 rings (SSSR count). The van der Waals surface area contributed by atoms with E-state index in [0.717, 1.165) is 10.1 Å². The van der Waals surface area contributed by atoms with Gasteiger partial charge < -0.3 is 0 Å². The van der Waals surface area contributed by atoms with Crippen LogP contribution in [0.2, 0.25) is 0 Å². The van der Waals surface area contributed by atoms with Crippen molar-refractivity contribution in [2.75, 3.05) is 0 Å². The van der Waals surface area contributed by atoms with Crippen molar-refractivity contribution >= 4 is 16.9 Å². The van der Waals surface area contributed by atoms with E-state index < -0.39 is 0 Å². The van der Waals surface area contributed by atoms with Gasteiger partial charge in [0.15, 0.2) is 17.0 Å².